The monoisotopic (exact) mass is 301 g/mol. The van der Waals surface area contributed by atoms with Crippen molar-refractivity contribution in [2.75, 3.05) is 7.05 Å². The first kappa shape index (κ1) is 14.3. The molecule has 0 unspecified atom stereocenters. The van der Waals surface area contributed by atoms with Crippen molar-refractivity contribution in [3.05, 3.63) is 29.3 Å². The number of hydrogen-bond donors (Lipinski definition) is 0. The Hall–Kier alpha value is -1.07. The normalized spacial score (nSPS) is 15.9. The number of carbonyl (C=O) groups excluding carboxylic acids is 1. The molecule has 0 aliphatic heterocycles. The lowest BCUT2D eigenvalue weighted by Gasteiger charge is -2.35. The van der Waals surface area contributed by atoms with Gasteiger partial charge in [0.25, 0.3) is 15.0 Å². The average molecular weight is 302 g/mol. The van der Waals surface area contributed by atoms with Crippen molar-refractivity contribution in [1.29, 1.82) is 0 Å². The summed E-state index contributed by atoms with van der Waals surface area (Å²) in [6.45, 7) is 1.72. The van der Waals surface area contributed by atoms with Crippen LogP contribution in [0.4, 0.5) is 0 Å². The third-order valence-electron chi connectivity index (χ3n) is 3.65. The molecular weight excluding hydrogens is 286 g/mol. The maximum absolute atomic E-state index is 12.3. The van der Waals surface area contributed by atoms with Gasteiger partial charge in [-0.2, -0.15) is 0 Å². The van der Waals surface area contributed by atoms with E-state index in [1.807, 2.05) is 0 Å². The summed E-state index contributed by atoms with van der Waals surface area (Å²) in [6, 6.07) is 4.65. The third kappa shape index (κ3) is 2.92. The van der Waals surface area contributed by atoms with Crippen LogP contribution in [0.3, 0.4) is 0 Å². The number of aryl methyl sites for hydroxylation is 1. The molecular formula is C13H16ClNO3S. The van der Waals surface area contributed by atoms with Crippen LogP contribution >= 0.6 is 10.7 Å². The second-order valence-corrected chi connectivity index (χ2v) is 7.48. The second kappa shape index (κ2) is 5.13. The van der Waals surface area contributed by atoms with Crippen molar-refractivity contribution in [2.24, 2.45) is 0 Å². The van der Waals surface area contributed by atoms with Crippen LogP contribution in [-0.4, -0.2) is 32.3 Å². The molecule has 1 aromatic carbocycles. The van der Waals surface area contributed by atoms with Gasteiger partial charge in [0.2, 0.25) is 0 Å². The van der Waals surface area contributed by atoms with Gasteiger partial charge in [-0.1, -0.05) is 0 Å². The van der Waals surface area contributed by atoms with E-state index < -0.39 is 9.05 Å². The van der Waals surface area contributed by atoms with Crippen molar-refractivity contribution < 1.29 is 13.2 Å². The van der Waals surface area contributed by atoms with Crippen molar-refractivity contribution >= 4 is 25.6 Å². The number of nitrogens with zero attached hydrogens (tertiary/aromatic N) is 1. The van der Waals surface area contributed by atoms with Crippen molar-refractivity contribution in [3.63, 3.8) is 0 Å². The summed E-state index contributed by atoms with van der Waals surface area (Å²) in [5.41, 5.74) is 1.15. The van der Waals surface area contributed by atoms with E-state index in [4.69, 9.17) is 10.7 Å². The quantitative estimate of drug-likeness (QED) is 0.806. The topological polar surface area (TPSA) is 54.5 Å². The van der Waals surface area contributed by atoms with Crippen LogP contribution in [0.25, 0.3) is 0 Å². The fourth-order valence-electron chi connectivity index (χ4n) is 2.16. The molecule has 1 fully saturated rings. The number of amides is 1. The van der Waals surface area contributed by atoms with Crippen molar-refractivity contribution in [3.8, 4) is 0 Å². The maximum Gasteiger partial charge on any atom is 0.261 e. The predicted octanol–water partition coefficient (Wildman–Crippen LogP) is 2.55. The Bertz CT molecular complexity index is 608. The zero-order valence-corrected chi connectivity index (χ0v) is 12.5. The molecule has 104 valence electrons. The number of hydrogen-bond acceptors (Lipinski definition) is 3. The van der Waals surface area contributed by atoms with Gasteiger partial charge in [0, 0.05) is 29.3 Å². The zero-order chi connectivity index (χ0) is 14.2. The maximum atomic E-state index is 12.3. The Balaban J connectivity index is 2.28. The van der Waals surface area contributed by atoms with E-state index in [1.54, 1.807) is 18.9 Å². The summed E-state index contributed by atoms with van der Waals surface area (Å²) in [7, 11) is 3.32. The van der Waals surface area contributed by atoms with E-state index >= 15 is 0 Å². The molecule has 1 saturated carbocycles. The molecule has 0 N–H and O–H groups in total. The number of benzene rings is 1. The lowest BCUT2D eigenvalue weighted by atomic mass is 9.91. The molecule has 6 heteroatoms. The highest BCUT2D eigenvalue weighted by Gasteiger charge is 2.27. The number of carbonyl (C=O) groups is 1. The van der Waals surface area contributed by atoms with Crippen molar-refractivity contribution in [1.82, 2.24) is 4.90 Å². The molecule has 19 heavy (non-hydrogen) atoms. The Labute approximate surface area is 117 Å². The Morgan fingerprint density at radius 1 is 1.37 bits per heavy atom. The van der Waals surface area contributed by atoms with Crippen LogP contribution in [0.1, 0.15) is 35.2 Å². The van der Waals surface area contributed by atoms with Crippen LogP contribution < -0.4 is 0 Å². The van der Waals surface area contributed by atoms with Gasteiger partial charge in [-0.25, -0.2) is 8.42 Å². The van der Waals surface area contributed by atoms with Crippen LogP contribution in [-0.2, 0) is 9.05 Å². The van der Waals surface area contributed by atoms with Gasteiger partial charge < -0.3 is 4.90 Å². The van der Waals surface area contributed by atoms with Gasteiger partial charge >= 0.3 is 0 Å². The molecule has 0 atom stereocenters. The van der Waals surface area contributed by atoms with E-state index in [2.05, 4.69) is 0 Å². The standard InChI is InChI=1S/C13H16ClNO3S/c1-9-8-11(19(14,17)18)6-7-12(9)13(16)15(2)10-4-3-5-10/h6-8,10H,3-5H2,1-2H3. The minimum absolute atomic E-state index is 0.0227. The van der Waals surface area contributed by atoms with Crippen LogP contribution in [0.2, 0.25) is 0 Å². The zero-order valence-electron chi connectivity index (χ0n) is 10.9. The summed E-state index contributed by atoms with van der Waals surface area (Å²) in [4.78, 5) is 14.1. The second-order valence-electron chi connectivity index (χ2n) is 4.92. The van der Waals surface area contributed by atoms with Gasteiger partial charge in [-0.05, 0) is 49.9 Å². The summed E-state index contributed by atoms with van der Waals surface area (Å²) < 4.78 is 22.5. The fourth-order valence-corrected chi connectivity index (χ4v) is 2.99. The smallest absolute Gasteiger partial charge is 0.261 e. The Kier molecular flexibility index (Phi) is 3.87. The summed E-state index contributed by atoms with van der Waals surface area (Å²) in [5, 5.41) is 0. The van der Waals surface area contributed by atoms with Crippen LogP contribution in [0.5, 0.6) is 0 Å². The molecule has 0 radical (unpaired) electrons. The molecule has 1 aromatic rings. The highest BCUT2D eigenvalue weighted by Crippen LogP contribution is 2.26. The lowest BCUT2D eigenvalue weighted by Crippen LogP contribution is -2.41. The van der Waals surface area contributed by atoms with Gasteiger partial charge in [0.15, 0.2) is 0 Å². The van der Waals surface area contributed by atoms with Gasteiger partial charge in [-0.15, -0.1) is 0 Å². The summed E-state index contributed by atoms with van der Waals surface area (Å²) in [6.07, 6.45) is 3.23. The molecule has 0 saturated heterocycles. The molecule has 0 aromatic heterocycles. The first-order valence-electron chi connectivity index (χ1n) is 6.13. The first-order chi connectivity index (χ1) is 8.80. The molecule has 0 spiro atoms. The highest BCUT2D eigenvalue weighted by atomic mass is 35.7. The molecule has 2 rings (SSSR count). The SMILES string of the molecule is Cc1cc(S(=O)(=O)Cl)ccc1C(=O)N(C)C1CCC1. The fraction of sp³-hybridized carbons (Fsp3) is 0.462. The minimum atomic E-state index is -3.75. The highest BCUT2D eigenvalue weighted by molar-refractivity contribution is 8.13. The Morgan fingerprint density at radius 2 is 2.00 bits per heavy atom. The first-order valence-corrected chi connectivity index (χ1v) is 8.44. The summed E-state index contributed by atoms with van der Waals surface area (Å²) in [5.74, 6) is -0.0688. The van der Waals surface area contributed by atoms with Gasteiger partial charge in [-0.3, -0.25) is 4.79 Å². The molecule has 1 aliphatic rings. The van der Waals surface area contributed by atoms with Crippen LogP contribution in [0, 0.1) is 6.92 Å². The van der Waals surface area contributed by atoms with Gasteiger partial charge in [0.05, 0.1) is 4.90 Å². The largest absolute Gasteiger partial charge is 0.339 e. The van der Waals surface area contributed by atoms with E-state index in [0.29, 0.717) is 17.2 Å². The minimum Gasteiger partial charge on any atom is -0.339 e. The van der Waals surface area contributed by atoms with Crippen molar-refractivity contribution in [2.45, 2.75) is 37.1 Å². The number of rotatable bonds is 3. The average Bonchev–Trinajstić information content (AvgIpc) is 2.24. The predicted molar refractivity (Wildman–Crippen MR) is 74.0 cm³/mol. The van der Waals surface area contributed by atoms with E-state index in [9.17, 15) is 13.2 Å². The lowest BCUT2D eigenvalue weighted by molar-refractivity contribution is 0.0651. The van der Waals surface area contributed by atoms with Gasteiger partial charge in [0.1, 0.15) is 0 Å². The van der Waals surface area contributed by atoms with E-state index in [0.717, 1.165) is 19.3 Å². The van der Waals surface area contributed by atoms with Crippen LogP contribution in [0.15, 0.2) is 23.1 Å². The molecule has 0 heterocycles. The Morgan fingerprint density at radius 3 is 2.42 bits per heavy atom. The molecule has 4 nitrogen and oxygen atoms in total. The molecule has 1 aliphatic carbocycles. The van der Waals surface area contributed by atoms with E-state index in [1.165, 1.54) is 18.2 Å². The molecule has 0 bridgehead atoms. The third-order valence-corrected chi connectivity index (χ3v) is 5.00. The van der Waals surface area contributed by atoms with E-state index in [-0.39, 0.29) is 10.8 Å². The summed E-state index contributed by atoms with van der Waals surface area (Å²) >= 11 is 0. The number of halogens is 1. The molecule has 1 amide bonds.